The van der Waals surface area contributed by atoms with Gasteiger partial charge in [0.1, 0.15) is 0 Å². The number of rotatable bonds is 6. The second-order valence-electron chi connectivity index (χ2n) is 6.20. The van der Waals surface area contributed by atoms with E-state index in [0.717, 1.165) is 31.7 Å². The summed E-state index contributed by atoms with van der Waals surface area (Å²) < 4.78 is 0. The highest BCUT2D eigenvalue weighted by Gasteiger charge is 2.18. The van der Waals surface area contributed by atoms with Crippen LogP contribution in [0.1, 0.15) is 32.3 Å². The third-order valence-corrected chi connectivity index (χ3v) is 3.62. The lowest BCUT2D eigenvalue weighted by Crippen LogP contribution is -2.36. The van der Waals surface area contributed by atoms with Crippen LogP contribution < -0.4 is 0 Å². The van der Waals surface area contributed by atoms with Crippen LogP contribution in [-0.2, 0) is 9.63 Å². The quantitative estimate of drug-likeness (QED) is 0.757. The van der Waals surface area contributed by atoms with E-state index in [4.69, 9.17) is 4.84 Å². The van der Waals surface area contributed by atoms with Crippen molar-refractivity contribution in [1.29, 1.82) is 0 Å². The van der Waals surface area contributed by atoms with Crippen molar-refractivity contribution in [3.8, 4) is 11.8 Å². The number of hydroxylamine groups is 2. The summed E-state index contributed by atoms with van der Waals surface area (Å²) in [5.74, 6) is 6.83. The minimum absolute atomic E-state index is 0.150. The van der Waals surface area contributed by atoms with Gasteiger partial charge in [0.15, 0.2) is 0 Å². The van der Waals surface area contributed by atoms with Gasteiger partial charge >= 0.3 is 0 Å². The topological polar surface area (TPSA) is 32.8 Å². The molecule has 0 unspecified atom stereocenters. The molecule has 124 valence electrons. The van der Waals surface area contributed by atoms with Gasteiger partial charge in [0, 0.05) is 31.6 Å². The van der Waals surface area contributed by atoms with Crippen molar-refractivity contribution in [3.63, 3.8) is 0 Å². The summed E-state index contributed by atoms with van der Waals surface area (Å²) >= 11 is 0. The van der Waals surface area contributed by atoms with Crippen LogP contribution >= 0.6 is 0 Å². The minimum atomic E-state index is 0.150. The smallest absolute Gasteiger partial charge is 0.224 e. The summed E-state index contributed by atoms with van der Waals surface area (Å²) in [6.07, 6.45) is 1.53. The Balaban J connectivity index is 1.87. The van der Waals surface area contributed by atoms with E-state index in [1.807, 2.05) is 40.3 Å². The Morgan fingerprint density at radius 2 is 2.13 bits per heavy atom. The molecule has 0 bridgehead atoms. The first-order valence-corrected chi connectivity index (χ1v) is 8.34. The monoisotopic (exact) mass is 314 g/mol. The van der Waals surface area contributed by atoms with Crippen LogP contribution in [0.15, 0.2) is 30.3 Å². The van der Waals surface area contributed by atoms with Crippen LogP contribution in [0, 0.1) is 17.8 Å². The second-order valence-corrected chi connectivity index (χ2v) is 6.20. The highest BCUT2D eigenvalue weighted by Crippen LogP contribution is 2.07. The van der Waals surface area contributed by atoms with Crippen LogP contribution in [0.5, 0.6) is 0 Å². The Kier molecular flexibility index (Phi) is 7.12. The molecule has 4 heteroatoms. The normalized spacial score (nSPS) is 14.6. The van der Waals surface area contributed by atoms with E-state index < -0.39 is 0 Å². The average molecular weight is 314 g/mol. The maximum absolute atomic E-state index is 12.5. The molecule has 1 aliphatic rings. The average Bonchev–Trinajstić information content (AvgIpc) is 3.06. The molecule has 1 aromatic carbocycles. The van der Waals surface area contributed by atoms with Crippen molar-refractivity contribution in [3.05, 3.63) is 35.9 Å². The van der Waals surface area contributed by atoms with Gasteiger partial charge in [-0.25, -0.2) is 0 Å². The van der Waals surface area contributed by atoms with E-state index in [2.05, 4.69) is 25.7 Å². The lowest BCUT2D eigenvalue weighted by molar-refractivity contribution is -0.138. The molecule has 1 fully saturated rings. The van der Waals surface area contributed by atoms with Crippen LogP contribution in [0.2, 0.25) is 0 Å². The highest BCUT2D eigenvalue weighted by atomic mass is 16.7. The largest absolute Gasteiger partial charge is 0.331 e. The summed E-state index contributed by atoms with van der Waals surface area (Å²) in [6, 6.07) is 9.87. The molecule has 4 nitrogen and oxygen atoms in total. The molecule has 1 heterocycles. The number of hydrogen-bond acceptors (Lipinski definition) is 3. The third-order valence-electron chi connectivity index (χ3n) is 3.62. The third kappa shape index (κ3) is 6.43. The van der Waals surface area contributed by atoms with Gasteiger partial charge in [-0.15, -0.1) is 0 Å². The van der Waals surface area contributed by atoms with Crippen molar-refractivity contribution in [2.24, 2.45) is 5.92 Å². The van der Waals surface area contributed by atoms with Crippen molar-refractivity contribution in [2.75, 3.05) is 32.8 Å². The number of hydrogen-bond donors (Lipinski definition) is 0. The van der Waals surface area contributed by atoms with Crippen LogP contribution in [0.25, 0.3) is 0 Å². The zero-order valence-electron chi connectivity index (χ0n) is 14.1. The van der Waals surface area contributed by atoms with Crippen molar-refractivity contribution in [1.82, 2.24) is 9.96 Å². The lowest BCUT2D eigenvalue weighted by Gasteiger charge is -2.23. The number of carbonyl (C=O) groups is 1. The maximum atomic E-state index is 12.5. The predicted molar refractivity (Wildman–Crippen MR) is 91.5 cm³/mol. The van der Waals surface area contributed by atoms with Crippen molar-refractivity contribution in [2.45, 2.75) is 26.7 Å². The molecule has 1 aromatic rings. The van der Waals surface area contributed by atoms with E-state index in [0.29, 0.717) is 25.4 Å². The summed E-state index contributed by atoms with van der Waals surface area (Å²) in [5.41, 5.74) is 0.981. The molecular weight excluding hydrogens is 288 g/mol. The lowest BCUT2D eigenvalue weighted by atomic mass is 10.2. The Morgan fingerprint density at radius 1 is 1.35 bits per heavy atom. The molecule has 0 atom stereocenters. The number of carbonyl (C=O) groups excluding carboxylic acids is 1. The van der Waals surface area contributed by atoms with Crippen LogP contribution in [0.4, 0.5) is 0 Å². The van der Waals surface area contributed by atoms with Crippen molar-refractivity contribution >= 4 is 5.91 Å². The van der Waals surface area contributed by atoms with Crippen molar-refractivity contribution < 1.29 is 9.63 Å². The van der Waals surface area contributed by atoms with E-state index in [-0.39, 0.29) is 5.91 Å². The zero-order valence-corrected chi connectivity index (χ0v) is 14.1. The molecule has 0 radical (unpaired) electrons. The number of benzene rings is 1. The van der Waals surface area contributed by atoms with Crippen LogP contribution in [-0.4, -0.2) is 48.7 Å². The zero-order chi connectivity index (χ0) is 16.5. The van der Waals surface area contributed by atoms with E-state index in [1.54, 1.807) is 0 Å². The predicted octanol–water partition coefficient (Wildman–Crippen LogP) is 2.55. The first kappa shape index (κ1) is 17.5. The molecule has 0 aliphatic carbocycles. The second kappa shape index (κ2) is 9.34. The molecule has 2 rings (SSSR count). The van der Waals surface area contributed by atoms with Gasteiger partial charge < -0.3 is 4.90 Å². The fourth-order valence-corrected chi connectivity index (χ4v) is 2.51. The molecular formula is C19H26N2O2. The van der Waals surface area contributed by atoms with Gasteiger partial charge in [0.05, 0.1) is 13.2 Å². The molecule has 0 spiro atoms. The maximum Gasteiger partial charge on any atom is 0.224 e. The van der Waals surface area contributed by atoms with E-state index in [1.165, 1.54) is 0 Å². The Labute approximate surface area is 139 Å². The van der Waals surface area contributed by atoms with E-state index >= 15 is 0 Å². The summed E-state index contributed by atoms with van der Waals surface area (Å²) in [5, 5.41) is 1.89. The van der Waals surface area contributed by atoms with Gasteiger partial charge in [0.25, 0.3) is 0 Å². The van der Waals surface area contributed by atoms with Gasteiger partial charge in [-0.05, 0) is 24.5 Å². The molecule has 0 N–H and O–H groups in total. The van der Waals surface area contributed by atoms with Gasteiger partial charge in [0.2, 0.25) is 5.91 Å². The summed E-state index contributed by atoms with van der Waals surface area (Å²) in [7, 11) is 0. The first-order chi connectivity index (χ1) is 11.1. The molecule has 0 saturated carbocycles. The Bertz CT molecular complexity index is 539. The van der Waals surface area contributed by atoms with Gasteiger partial charge in [-0.3, -0.25) is 9.63 Å². The number of nitrogens with zero attached hydrogens (tertiary/aromatic N) is 2. The first-order valence-electron chi connectivity index (χ1n) is 8.34. The Hall–Kier alpha value is -1.83. The summed E-state index contributed by atoms with van der Waals surface area (Å²) in [6.45, 7) is 7.82. The fraction of sp³-hybridized carbons (Fsp3) is 0.526. The SMILES string of the molecule is CC(C)CN(CC#Cc1ccccc1)C(=O)CCN1CCCO1. The van der Waals surface area contributed by atoms with E-state index in [9.17, 15) is 4.79 Å². The highest BCUT2D eigenvalue weighted by molar-refractivity contribution is 5.76. The standard InChI is InChI=1S/C19H26N2O2/c1-17(2)16-20(12-6-10-18-8-4-3-5-9-18)19(22)11-14-21-13-7-15-23-21/h3-5,8-9,17H,7,11-16H2,1-2H3. The molecule has 1 amide bonds. The summed E-state index contributed by atoms with van der Waals surface area (Å²) in [4.78, 5) is 19.7. The fourth-order valence-electron chi connectivity index (χ4n) is 2.51. The van der Waals surface area contributed by atoms with Crippen LogP contribution in [0.3, 0.4) is 0 Å². The molecule has 1 aliphatic heterocycles. The number of amides is 1. The Morgan fingerprint density at radius 3 is 2.78 bits per heavy atom. The molecule has 0 aromatic heterocycles. The van der Waals surface area contributed by atoms with Gasteiger partial charge in [-0.1, -0.05) is 43.9 Å². The minimum Gasteiger partial charge on any atom is -0.331 e. The molecule has 1 saturated heterocycles. The molecule has 23 heavy (non-hydrogen) atoms. The van der Waals surface area contributed by atoms with Gasteiger partial charge in [-0.2, -0.15) is 5.06 Å².